The second-order valence-corrected chi connectivity index (χ2v) is 9.50. The van der Waals surface area contributed by atoms with E-state index in [2.05, 4.69) is 5.32 Å². The standard InChI is InChI=1S/C19H18N2O6S2/c1-2-26-19(23)17-13-7-8-29(24,25)11-15(13)28-18(17)21-16(22)10-27-14-6-4-3-5-12(14)9-20/h3-6H,2,7-8,10-11H2,1H3,(H,21,22). The average molecular weight is 434 g/mol. The zero-order valence-corrected chi connectivity index (χ0v) is 17.2. The molecule has 0 aliphatic carbocycles. The summed E-state index contributed by atoms with van der Waals surface area (Å²) in [5, 5.41) is 11.9. The molecule has 0 unspecified atom stereocenters. The Morgan fingerprint density at radius 1 is 1.31 bits per heavy atom. The molecule has 0 spiro atoms. The normalized spacial score (nSPS) is 14.3. The molecule has 1 aromatic carbocycles. The van der Waals surface area contributed by atoms with Crippen LogP contribution in [-0.4, -0.2) is 39.3 Å². The highest BCUT2D eigenvalue weighted by molar-refractivity contribution is 7.90. The van der Waals surface area contributed by atoms with Crippen LogP contribution in [0, 0.1) is 11.3 Å². The highest BCUT2D eigenvalue weighted by Gasteiger charge is 2.32. The van der Waals surface area contributed by atoms with Crippen molar-refractivity contribution in [1.29, 1.82) is 5.26 Å². The van der Waals surface area contributed by atoms with Gasteiger partial charge < -0.3 is 14.8 Å². The summed E-state index contributed by atoms with van der Waals surface area (Å²) >= 11 is 1.06. The van der Waals surface area contributed by atoms with Crippen LogP contribution in [0.1, 0.15) is 33.3 Å². The van der Waals surface area contributed by atoms with E-state index in [9.17, 15) is 18.0 Å². The summed E-state index contributed by atoms with van der Waals surface area (Å²) in [5.41, 5.74) is 1.10. The summed E-state index contributed by atoms with van der Waals surface area (Å²) in [7, 11) is -3.23. The third-order valence-electron chi connectivity index (χ3n) is 4.20. The number of esters is 1. The fourth-order valence-corrected chi connectivity index (χ4v) is 5.98. The number of amides is 1. The van der Waals surface area contributed by atoms with Crippen LogP contribution in [0.2, 0.25) is 0 Å². The van der Waals surface area contributed by atoms with Gasteiger partial charge in [-0.05, 0) is 31.0 Å². The number of sulfone groups is 1. The van der Waals surface area contributed by atoms with Crippen LogP contribution in [0.25, 0.3) is 0 Å². The maximum atomic E-state index is 12.4. The first-order valence-electron chi connectivity index (χ1n) is 8.78. The SMILES string of the molecule is CCOC(=O)c1c(NC(=O)COc2ccccc2C#N)sc2c1CCS(=O)(=O)C2. The van der Waals surface area contributed by atoms with Gasteiger partial charge >= 0.3 is 5.97 Å². The second kappa shape index (κ2) is 8.63. The van der Waals surface area contributed by atoms with Crippen molar-refractivity contribution in [2.24, 2.45) is 0 Å². The monoisotopic (exact) mass is 434 g/mol. The summed E-state index contributed by atoms with van der Waals surface area (Å²) in [6, 6.07) is 8.48. The van der Waals surface area contributed by atoms with E-state index in [-0.39, 0.29) is 47.5 Å². The molecule has 3 rings (SSSR count). The number of para-hydroxylation sites is 1. The molecule has 1 amide bonds. The van der Waals surface area contributed by atoms with Crippen LogP contribution in [0.5, 0.6) is 5.75 Å². The van der Waals surface area contributed by atoms with E-state index in [0.29, 0.717) is 16.0 Å². The molecule has 0 fully saturated rings. The van der Waals surface area contributed by atoms with Crippen molar-refractivity contribution in [1.82, 2.24) is 0 Å². The van der Waals surface area contributed by atoms with Gasteiger partial charge in [0, 0.05) is 4.88 Å². The van der Waals surface area contributed by atoms with Crippen molar-refractivity contribution in [3.05, 3.63) is 45.8 Å². The second-order valence-electron chi connectivity index (χ2n) is 6.22. The molecule has 29 heavy (non-hydrogen) atoms. The largest absolute Gasteiger partial charge is 0.482 e. The van der Waals surface area contributed by atoms with E-state index < -0.39 is 21.7 Å². The predicted molar refractivity (Wildman–Crippen MR) is 107 cm³/mol. The molecule has 2 heterocycles. The number of hydrogen-bond acceptors (Lipinski definition) is 8. The Kier molecular flexibility index (Phi) is 6.20. The summed E-state index contributed by atoms with van der Waals surface area (Å²) in [6.07, 6.45) is 0.199. The fraction of sp³-hybridized carbons (Fsp3) is 0.316. The Morgan fingerprint density at radius 3 is 2.79 bits per heavy atom. The van der Waals surface area contributed by atoms with Crippen molar-refractivity contribution in [2.75, 3.05) is 24.3 Å². The van der Waals surface area contributed by atoms with Gasteiger partial charge in [-0.15, -0.1) is 11.3 Å². The van der Waals surface area contributed by atoms with E-state index in [1.165, 1.54) is 0 Å². The number of benzene rings is 1. The van der Waals surface area contributed by atoms with Crippen LogP contribution in [-0.2, 0) is 31.5 Å². The Hall–Kier alpha value is -2.90. The van der Waals surface area contributed by atoms with E-state index in [0.717, 1.165) is 11.3 Å². The quantitative estimate of drug-likeness (QED) is 0.692. The highest BCUT2D eigenvalue weighted by Crippen LogP contribution is 2.38. The topological polar surface area (TPSA) is 123 Å². The summed E-state index contributed by atoms with van der Waals surface area (Å²) in [6.45, 7) is 1.45. The van der Waals surface area contributed by atoms with Gasteiger partial charge in [-0.2, -0.15) is 5.26 Å². The number of anilines is 1. The average Bonchev–Trinajstić information content (AvgIpc) is 3.02. The lowest BCUT2D eigenvalue weighted by atomic mass is 10.1. The van der Waals surface area contributed by atoms with E-state index in [1.54, 1.807) is 31.2 Å². The molecule has 0 bridgehead atoms. The Bertz CT molecular complexity index is 1100. The van der Waals surface area contributed by atoms with Crippen LogP contribution >= 0.6 is 11.3 Å². The molecule has 10 heteroatoms. The number of ether oxygens (including phenoxy) is 2. The minimum absolute atomic E-state index is 0.0510. The lowest BCUT2D eigenvalue weighted by molar-refractivity contribution is -0.118. The Morgan fingerprint density at radius 2 is 2.07 bits per heavy atom. The zero-order chi connectivity index (χ0) is 21.0. The van der Waals surface area contributed by atoms with Gasteiger partial charge in [0.05, 0.1) is 29.2 Å². The lowest BCUT2D eigenvalue weighted by Gasteiger charge is -2.13. The number of thiophene rings is 1. The van der Waals surface area contributed by atoms with Gasteiger partial charge in [-0.3, -0.25) is 4.79 Å². The molecule has 0 saturated carbocycles. The van der Waals surface area contributed by atoms with Gasteiger partial charge in [-0.25, -0.2) is 13.2 Å². The number of nitrogens with one attached hydrogen (secondary N) is 1. The first kappa shape index (κ1) is 20.8. The number of carbonyl (C=O) groups is 2. The van der Waals surface area contributed by atoms with Crippen molar-refractivity contribution in [3.63, 3.8) is 0 Å². The summed E-state index contributed by atoms with van der Waals surface area (Å²) in [5.74, 6) is -1.08. The maximum Gasteiger partial charge on any atom is 0.341 e. The first-order chi connectivity index (χ1) is 13.8. The molecule has 0 radical (unpaired) electrons. The lowest BCUT2D eigenvalue weighted by Crippen LogP contribution is -2.22. The predicted octanol–water partition coefficient (Wildman–Crippen LogP) is 2.28. The first-order valence-corrected chi connectivity index (χ1v) is 11.4. The van der Waals surface area contributed by atoms with E-state index in [4.69, 9.17) is 14.7 Å². The summed E-state index contributed by atoms with van der Waals surface area (Å²) < 4.78 is 34.3. The minimum Gasteiger partial charge on any atom is -0.482 e. The van der Waals surface area contributed by atoms with Gasteiger partial charge in [0.15, 0.2) is 16.4 Å². The van der Waals surface area contributed by atoms with Crippen LogP contribution < -0.4 is 10.1 Å². The number of carbonyl (C=O) groups excluding carboxylic acids is 2. The van der Waals surface area contributed by atoms with Crippen LogP contribution in [0.3, 0.4) is 0 Å². The van der Waals surface area contributed by atoms with Gasteiger partial charge in [-0.1, -0.05) is 12.1 Å². The van der Waals surface area contributed by atoms with Crippen LogP contribution in [0.4, 0.5) is 5.00 Å². The molecular formula is C19H18N2O6S2. The third-order valence-corrected chi connectivity index (χ3v) is 7.09. The molecular weight excluding hydrogens is 416 g/mol. The van der Waals surface area contributed by atoms with Crippen LogP contribution in [0.15, 0.2) is 24.3 Å². The molecule has 152 valence electrons. The van der Waals surface area contributed by atoms with Crippen molar-refractivity contribution >= 4 is 38.1 Å². The number of fused-ring (bicyclic) bond motifs is 1. The van der Waals surface area contributed by atoms with Crippen molar-refractivity contribution < 1.29 is 27.5 Å². The number of hydrogen-bond donors (Lipinski definition) is 1. The molecule has 1 aliphatic heterocycles. The van der Waals surface area contributed by atoms with Crippen molar-refractivity contribution in [2.45, 2.75) is 19.1 Å². The van der Waals surface area contributed by atoms with Crippen molar-refractivity contribution in [3.8, 4) is 11.8 Å². The third kappa shape index (κ3) is 4.75. The van der Waals surface area contributed by atoms with E-state index in [1.807, 2.05) is 6.07 Å². The zero-order valence-electron chi connectivity index (χ0n) is 15.6. The minimum atomic E-state index is -3.23. The smallest absolute Gasteiger partial charge is 0.341 e. The maximum absolute atomic E-state index is 12.4. The highest BCUT2D eigenvalue weighted by atomic mass is 32.2. The fourth-order valence-electron chi connectivity index (χ4n) is 2.92. The molecule has 0 saturated heterocycles. The Balaban J connectivity index is 1.81. The molecule has 1 aromatic heterocycles. The van der Waals surface area contributed by atoms with Gasteiger partial charge in [0.25, 0.3) is 5.91 Å². The molecule has 2 aromatic rings. The number of nitrogens with zero attached hydrogens (tertiary/aromatic N) is 1. The number of nitriles is 1. The van der Waals surface area contributed by atoms with Gasteiger partial charge in [0.1, 0.15) is 16.8 Å². The molecule has 0 atom stereocenters. The molecule has 8 nitrogen and oxygen atoms in total. The van der Waals surface area contributed by atoms with Gasteiger partial charge in [0.2, 0.25) is 0 Å². The molecule has 1 aliphatic rings. The van der Waals surface area contributed by atoms with E-state index >= 15 is 0 Å². The number of rotatable bonds is 6. The summed E-state index contributed by atoms with van der Waals surface area (Å²) in [4.78, 5) is 25.3. The Labute approximate surface area is 172 Å². The molecule has 1 N–H and O–H groups in total.